The number of hydrogen-bond acceptors (Lipinski definition) is 1. The van der Waals surface area contributed by atoms with E-state index in [-0.39, 0.29) is 10.8 Å². The van der Waals surface area contributed by atoms with Crippen molar-refractivity contribution in [3.8, 4) is 0 Å². The van der Waals surface area contributed by atoms with Gasteiger partial charge in [0.2, 0.25) is 0 Å². The number of alkyl halides is 1. The summed E-state index contributed by atoms with van der Waals surface area (Å²) in [5.74, 6) is 0. The van der Waals surface area contributed by atoms with Gasteiger partial charge in [0.05, 0.1) is 5.38 Å². The number of hydrogen-bond donors (Lipinski definition) is 0. The van der Waals surface area contributed by atoms with Crippen LogP contribution in [0.25, 0.3) is 10.1 Å². The molecule has 1 atom stereocenters. The average Bonchev–Trinajstić information content (AvgIpc) is 2.73. The van der Waals surface area contributed by atoms with Gasteiger partial charge in [-0.05, 0) is 50.2 Å². The molecule has 1 aromatic carbocycles. The first-order chi connectivity index (χ1) is 7.97. The average molecular weight is 332 g/mol. The van der Waals surface area contributed by atoms with Crippen LogP contribution in [0.4, 0.5) is 0 Å². The molecule has 0 N–H and O–H groups in total. The molecule has 0 saturated carbocycles. The quantitative estimate of drug-likeness (QED) is 0.572. The molecule has 0 aliphatic carbocycles. The lowest BCUT2D eigenvalue weighted by Crippen LogP contribution is -2.16. The summed E-state index contributed by atoms with van der Waals surface area (Å²) >= 11 is 12.0. The Morgan fingerprint density at radius 3 is 2.76 bits per heavy atom. The zero-order chi connectivity index (χ0) is 12.6. The molecule has 0 bridgehead atoms. The van der Waals surface area contributed by atoms with Gasteiger partial charge in [-0.25, -0.2) is 0 Å². The maximum atomic E-state index is 6.66. The van der Waals surface area contributed by atoms with Gasteiger partial charge in [0.25, 0.3) is 0 Å². The molecule has 0 aliphatic heterocycles. The molecule has 17 heavy (non-hydrogen) atoms. The smallest absolute Gasteiger partial charge is 0.0650 e. The first-order valence-electron chi connectivity index (χ1n) is 5.77. The van der Waals surface area contributed by atoms with Gasteiger partial charge in [-0.15, -0.1) is 22.9 Å². The van der Waals surface area contributed by atoms with Gasteiger partial charge >= 0.3 is 0 Å². The SMILES string of the molecule is CCC(C)(C)C(Cl)c1csc2c(Br)cccc12. The predicted octanol–water partition coefficient (Wildman–Crippen LogP) is 6.38. The van der Waals surface area contributed by atoms with Crippen LogP contribution in [0.15, 0.2) is 28.1 Å². The van der Waals surface area contributed by atoms with Crippen molar-refractivity contribution in [2.24, 2.45) is 5.41 Å². The molecule has 92 valence electrons. The molecule has 0 saturated heterocycles. The van der Waals surface area contributed by atoms with Gasteiger partial charge in [-0.2, -0.15) is 0 Å². The van der Waals surface area contributed by atoms with E-state index in [1.54, 1.807) is 11.3 Å². The highest BCUT2D eigenvalue weighted by Gasteiger charge is 2.29. The van der Waals surface area contributed by atoms with Crippen molar-refractivity contribution < 1.29 is 0 Å². The fourth-order valence-electron chi connectivity index (χ4n) is 1.84. The second-order valence-electron chi connectivity index (χ2n) is 5.01. The minimum Gasteiger partial charge on any atom is -0.142 e. The molecule has 0 nitrogen and oxygen atoms in total. The van der Waals surface area contributed by atoms with Crippen LogP contribution in [0.1, 0.15) is 38.1 Å². The summed E-state index contributed by atoms with van der Waals surface area (Å²) in [6.07, 6.45) is 1.08. The molecule has 0 aliphatic rings. The van der Waals surface area contributed by atoms with Crippen LogP contribution in [-0.4, -0.2) is 0 Å². The molecule has 2 rings (SSSR count). The standard InChI is InChI=1S/C14H16BrClS/c1-4-14(2,3)13(16)10-8-17-12-9(10)6-5-7-11(12)15/h5-8,13H,4H2,1-3H3. The Balaban J connectivity index is 2.54. The van der Waals surface area contributed by atoms with Crippen molar-refractivity contribution in [3.63, 3.8) is 0 Å². The van der Waals surface area contributed by atoms with Crippen molar-refractivity contribution in [3.05, 3.63) is 33.6 Å². The highest BCUT2D eigenvalue weighted by atomic mass is 79.9. The van der Waals surface area contributed by atoms with Crippen LogP contribution in [-0.2, 0) is 0 Å². The minimum atomic E-state index is 0.0653. The third-order valence-corrected chi connectivity index (χ3v) is 6.25. The molecular weight excluding hydrogens is 316 g/mol. The van der Waals surface area contributed by atoms with E-state index in [2.05, 4.69) is 60.3 Å². The lowest BCUT2D eigenvalue weighted by molar-refractivity contribution is 0.338. The minimum absolute atomic E-state index is 0.0653. The Hall–Kier alpha value is -0.0500. The number of halogens is 2. The topological polar surface area (TPSA) is 0 Å². The van der Waals surface area contributed by atoms with Crippen molar-refractivity contribution in [1.29, 1.82) is 0 Å². The number of fused-ring (bicyclic) bond motifs is 1. The zero-order valence-corrected chi connectivity index (χ0v) is 13.4. The van der Waals surface area contributed by atoms with Crippen LogP contribution in [0.3, 0.4) is 0 Å². The van der Waals surface area contributed by atoms with Crippen LogP contribution in [0, 0.1) is 5.41 Å². The second-order valence-corrected chi connectivity index (χ2v) is 7.18. The van der Waals surface area contributed by atoms with Gasteiger partial charge in [-0.3, -0.25) is 0 Å². The summed E-state index contributed by atoms with van der Waals surface area (Å²) in [7, 11) is 0. The van der Waals surface area contributed by atoms with E-state index < -0.39 is 0 Å². The first kappa shape index (κ1) is 13.4. The van der Waals surface area contributed by atoms with Crippen LogP contribution in [0.5, 0.6) is 0 Å². The Morgan fingerprint density at radius 1 is 1.41 bits per heavy atom. The maximum absolute atomic E-state index is 6.66. The molecule has 0 fully saturated rings. The third-order valence-electron chi connectivity index (χ3n) is 3.45. The highest BCUT2D eigenvalue weighted by Crippen LogP contribution is 2.46. The van der Waals surface area contributed by atoms with Crippen molar-refractivity contribution >= 4 is 49.0 Å². The van der Waals surface area contributed by atoms with E-state index in [4.69, 9.17) is 11.6 Å². The molecule has 1 heterocycles. The van der Waals surface area contributed by atoms with Crippen LogP contribution >= 0.6 is 38.9 Å². The van der Waals surface area contributed by atoms with Gasteiger partial charge in [-0.1, -0.05) is 32.9 Å². The van der Waals surface area contributed by atoms with Gasteiger partial charge in [0, 0.05) is 9.17 Å². The molecule has 1 aromatic heterocycles. The normalized spacial score (nSPS) is 14.2. The third kappa shape index (κ3) is 2.40. The van der Waals surface area contributed by atoms with Crippen molar-refractivity contribution in [2.45, 2.75) is 32.6 Å². The summed E-state index contributed by atoms with van der Waals surface area (Å²) in [6.45, 7) is 6.65. The largest absolute Gasteiger partial charge is 0.142 e. The lowest BCUT2D eigenvalue weighted by Gasteiger charge is -2.28. The van der Waals surface area contributed by atoms with Crippen LogP contribution < -0.4 is 0 Å². The summed E-state index contributed by atoms with van der Waals surface area (Å²) < 4.78 is 2.45. The Labute approximate surface area is 120 Å². The maximum Gasteiger partial charge on any atom is 0.0650 e. The second kappa shape index (κ2) is 4.91. The van der Waals surface area contributed by atoms with Crippen LogP contribution in [0.2, 0.25) is 0 Å². The monoisotopic (exact) mass is 330 g/mol. The van der Waals surface area contributed by atoms with E-state index in [1.165, 1.54) is 15.6 Å². The molecule has 0 spiro atoms. The van der Waals surface area contributed by atoms with E-state index in [1.807, 2.05) is 0 Å². The summed E-state index contributed by atoms with van der Waals surface area (Å²) in [5.41, 5.74) is 1.39. The summed E-state index contributed by atoms with van der Waals surface area (Å²) in [6, 6.07) is 6.31. The van der Waals surface area contributed by atoms with E-state index in [0.29, 0.717) is 0 Å². The molecule has 3 heteroatoms. The van der Waals surface area contributed by atoms with E-state index >= 15 is 0 Å². The van der Waals surface area contributed by atoms with Gasteiger partial charge in [0.1, 0.15) is 0 Å². The predicted molar refractivity (Wildman–Crippen MR) is 82.2 cm³/mol. The number of benzene rings is 1. The zero-order valence-electron chi connectivity index (χ0n) is 10.3. The summed E-state index contributed by atoms with van der Waals surface area (Å²) in [5, 5.41) is 3.55. The molecule has 0 radical (unpaired) electrons. The number of rotatable bonds is 3. The Morgan fingerprint density at radius 2 is 2.12 bits per heavy atom. The van der Waals surface area contributed by atoms with Gasteiger partial charge < -0.3 is 0 Å². The van der Waals surface area contributed by atoms with Crippen molar-refractivity contribution in [2.75, 3.05) is 0 Å². The van der Waals surface area contributed by atoms with Gasteiger partial charge in [0.15, 0.2) is 0 Å². The fourth-order valence-corrected chi connectivity index (χ4v) is 3.90. The molecule has 2 aromatic rings. The fraction of sp³-hybridized carbons (Fsp3) is 0.429. The van der Waals surface area contributed by atoms with E-state index in [0.717, 1.165) is 10.9 Å². The molecular formula is C14H16BrClS. The Kier molecular flexibility index (Phi) is 3.86. The lowest BCUT2D eigenvalue weighted by atomic mass is 9.83. The summed E-state index contributed by atoms with van der Waals surface area (Å²) in [4.78, 5) is 0. The molecule has 0 amide bonds. The number of thiophene rings is 1. The first-order valence-corrected chi connectivity index (χ1v) is 7.88. The van der Waals surface area contributed by atoms with E-state index in [9.17, 15) is 0 Å². The molecule has 1 unspecified atom stereocenters. The Bertz CT molecular complexity index is 530. The van der Waals surface area contributed by atoms with Crippen molar-refractivity contribution in [1.82, 2.24) is 0 Å². The highest BCUT2D eigenvalue weighted by molar-refractivity contribution is 9.10.